The first-order valence-corrected chi connectivity index (χ1v) is 8.64. The molecule has 2 N–H and O–H groups in total. The van der Waals surface area contributed by atoms with Gasteiger partial charge >= 0.3 is 11.8 Å². The van der Waals surface area contributed by atoms with Crippen LogP contribution in [-0.4, -0.2) is 24.1 Å². The largest absolute Gasteiger partial charge is 0.495 e. The zero-order valence-electron chi connectivity index (χ0n) is 16.1. The standard InChI is InChI=1S/C20H21N3O5/c1-11-5-7-16(26-4)15(9-11)22-20(25)19(24)21-10-14-6-8-17(27-14)18-12(2)23-28-13(18)3/h5-9H,10H2,1-4H3,(H,21,24)(H,22,25). The molecule has 0 saturated heterocycles. The topological polar surface area (TPSA) is 107 Å². The van der Waals surface area contributed by atoms with E-state index in [4.69, 9.17) is 13.7 Å². The van der Waals surface area contributed by atoms with Crippen molar-refractivity contribution in [3.63, 3.8) is 0 Å². The van der Waals surface area contributed by atoms with Crippen molar-refractivity contribution in [2.24, 2.45) is 0 Å². The first-order chi connectivity index (χ1) is 13.4. The molecule has 0 spiro atoms. The molecule has 3 rings (SSSR count). The van der Waals surface area contributed by atoms with Gasteiger partial charge in [-0.3, -0.25) is 9.59 Å². The number of benzene rings is 1. The van der Waals surface area contributed by atoms with Gasteiger partial charge in [0.25, 0.3) is 0 Å². The third-order valence-electron chi connectivity index (χ3n) is 4.17. The number of carbonyl (C=O) groups excluding carboxylic acids is 2. The fourth-order valence-corrected chi connectivity index (χ4v) is 2.79. The van der Waals surface area contributed by atoms with Gasteiger partial charge < -0.3 is 24.3 Å². The summed E-state index contributed by atoms with van der Waals surface area (Å²) in [6, 6.07) is 8.80. The molecule has 0 bridgehead atoms. The molecule has 0 aliphatic carbocycles. The Labute approximate surface area is 161 Å². The van der Waals surface area contributed by atoms with E-state index in [9.17, 15) is 9.59 Å². The van der Waals surface area contributed by atoms with Gasteiger partial charge in [-0.1, -0.05) is 11.2 Å². The number of aryl methyl sites for hydroxylation is 3. The van der Waals surface area contributed by atoms with E-state index < -0.39 is 11.8 Å². The summed E-state index contributed by atoms with van der Waals surface area (Å²) >= 11 is 0. The van der Waals surface area contributed by atoms with E-state index in [1.165, 1.54) is 7.11 Å². The van der Waals surface area contributed by atoms with Gasteiger partial charge in [-0.2, -0.15) is 0 Å². The number of hydrogen-bond donors (Lipinski definition) is 2. The molecule has 0 atom stereocenters. The molecule has 8 heteroatoms. The van der Waals surface area contributed by atoms with Gasteiger partial charge in [0.05, 0.1) is 30.6 Å². The van der Waals surface area contributed by atoms with Crippen LogP contribution in [0.5, 0.6) is 5.75 Å². The number of methoxy groups -OCH3 is 1. The molecule has 0 fully saturated rings. The molecule has 28 heavy (non-hydrogen) atoms. The molecule has 8 nitrogen and oxygen atoms in total. The molecule has 2 heterocycles. The lowest BCUT2D eigenvalue weighted by molar-refractivity contribution is -0.136. The number of aromatic nitrogens is 1. The van der Waals surface area contributed by atoms with Crippen LogP contribution < -0.4 is 15.4 Å². The van der Waals surface area contributed by atoms with Gasteiger partial charge in [-0.15, -0.1) is 0 Å². The van der Waals surface area contributed by atoms with Crippen molar-refractivity contribution < 1.29 is 23.3 Å². The van der Waals surface area contributed by atoms with E-state index >= 15 is 0 Å². The van der Waals surface area contributed by atoms with Crippen LogP contribution in [0.2, 0.25) is 0 Å². The van der Waals surface area contributed by atoms with Crippen molar-refractivity contribution in [3.05, 3.63) is 53.1 Å². The Morgan fingerprint density at radius 1 is 1.11 bits per heavy atom. The third-order valence-corrected chi connectivity index (χ3v) is 4.17. The Morgan fingerprint density at radius 3 is 2.57 bits per heavy atom. The maximum Gasteiger partial charge on any atom is 0.313 e. The molecule has 1 aromatic carbocycles. The SMILES string of the molecule is COc1ccc(C)cc1NC(=O)C(=O)NCc1ccc(-c2c(C)noc2C)o1. The normalized spacial score (nSPS) is 10.6. The lowest BCUT2D eigenvalue weighted by atomic mass is 10.1. The molecule has 0 radical (unpaired) electrons. The van der Waals surface area contributed by atoms with E-state index in [1.807, 2.05) is 19.9 Å². The van der Waals surface area contributed by atoms with E-state index in [-0.39, 0.29) is 6.54 Å². The minimum atomic E-state index is -0.790. The second kappa shape index (κ2) is 7.99. The molecule has 0 aliphatic rings. The second-order valence-electron chi connectivity index (χ2n) is 6.31. The summed E-state index contributed by atoms with van der Waals surface area (Å²) in [5, 5.41) is 8.98. The number of amides is 2. The van der Waals surface area contributed by atoms with Crippen molar-refractivity contribution >= 4 is 17.5 Å². The number of hydrogen-bond acceptors (Lipinski definition) is 6. The zero-order chi connectivity index (χ0) is 20.3. The number of nitrogens with one attached hydrogen (secondary N) is 2. The minimum absolute atomic E-state index is 0.0700. The number of rotatable bonds is 5. The summed E-state index contributed by atoms with van der Waals surface area (Å²) in [5.74, 6) is 0.648. The molecule has 0 unspecified atom stereocenters. The van der Waals surface area contributed by atoms with Crippen LogP contribution >= 0.6 is 0 Å². The highest BCUT2D eigenvalue weighted by Crippen LogP contribution is 2.28. The fourth-order valence-electron chi connectivity index (χ4n) is 2.79. The third kappa shape index (κ3) is 4.06. The zero-order valence-corrected chi connectivity index (χ0v) is 16.1. The second-order valence-corrected chi connectivity index (χ2v) is 6.31. The van der Waals surface area contributed by atoms with Crippen molar-refractivity contribution in [2.45, 2.75) is 27.3 Å². The molecule has 146 valence electrons. The highest BCUT2D eigenvalue weighted by Gasteiger charge is 2.18. The van der Waals surface area contributed by atoms with Crippen LogP contribution in [0.15, 0.2) is 39.3 Å². The summed E-state index contributed by atoms with van der Waals surface area (Å²) in [4.78, 5) is 24.3. The van der Waals surface area contributed by atoms with Crippen molar-refractivity contribution in [1.29, 1.82) is 0 Å². The Bertz CT molecular complexity index is 999. The Morgan fingerprint density at radius 2 is 1.89 bits per heavy atom. The van der Waals surface area contributed by atoms with Gasteiger partial charge in [0, 0.05) is 0 Å². The molecule has 2 amide bonds. The average Bonchev–Trinajstić information content (AvgIpc) is 3.25. The number of ether oxygens (including phenoxy) is 1. The van der Waals surface area contributed by atoms with Crippen LogP contribution in [-0.2, 0) is 16.1 Å². The number of carbonyl (C=O) groups is 2. The Balaban J connectivity index is 1.62. The highest BCUT2D eigenvalue weighted by molar-refractivity contribution is 6.39. The van der Waals surface area contributed by atoms with Gasteiger partial charge in [0.15, 0.2) is 0 Å². The average molecular weight is 383 g/mol. The molecule has 3 aromatic rings. The number of nitrogens with zero attached hydrogens (tertiary/aromatic N) is 1. The van der Waals surface area contributed by atoms with Gasteiger partial charge in [-0.25, -0.2) is 0 Å². The summed E-state index contributed by atoms with van der Waals surface area (Å²) in [7, 11) is 1.49. The molecular formula is C20H21N3O5. The van der Waals surface area contributed by atoms with E-state index in [0.717, 1.165) is 11.1 Å². The quantitative estimate of drug-likeness (QED) is 0.656. The van der Waals surface area contributed by atoms with E-state index in [0.29, 0.717) is 34.4 Å². The summed E-state index contributed by atoms with van der Waals surface area (Å²) in [5.41, 5.74) is 2.86. The Hall–Kier alpha value is -3.55. The lowest BCUT2D eigenvalue weighted by Gasteiger charge is -2.10. The molecule has 0 aliphatic heterocycles. The maximum absolute atomic E-state index is 12.2. The van der Waals surface area contributed by atoms with Crippen molar-refractivity contribution in [1.82, 2.24) is 10.5 Å². The summed E-state index contributed by atoms with van der Waals surface area (Å²) in [6.07, 6.45) is 0. The Kier molecular flexibility index (Phi) is 5.49. The smallest absolute Gasteiger partial charge is 0.313 e. The lowest BCUT2D eigenvalue weighted by Crippen LogP contribution is -2.35. The monoisotopic (exact) mass is 383 g/mol. The molecular weight excluding hydrogens is 362 g/mol. The number of anilines is 1. The number of furan rings is 1. The van der Waals surface area contributed by atoms with E-state index in [1.54, 1.807) is 31.2 Å². The van der Waals surface area contributed by atoms with Gasteiger partial charge in [0.2, 0.25) is 0 Å². The van der Waals surface area contributed by atoms with Crippen LogP contribution in [0, 0.1) is 20.8 Å². The van der Waals surface area contributed by atoms with Crippen LogP contribution in [0.25, 0.3) is 11.3 Å². The highest BCUT2D eigenvalue weighted by atomic mass is 16.5. The van der Waals surface area contributed by atoms with Crippen molar-refractivity contribution in [2.75, 3.05) is 12.4 Å². The van der Waals surface area contributed by atoms with E-state index in [2.05, 4.69) is 15.8 Å². The summed E-state index contributed by atoms with van der Waals surface area (Å²) in [6.45, 7) is 5.56. The first-order valence-electron chi connectivity index (χ1n) is 8.64. The van der Waals surface area contributed by atoms with Crippen LogP contribution in [0.1, 0.15) is 22.8 Å². The van der Waals surface area contributed by atoms with Crippen LogP contribution in [0.3, 0.4) is 0 Å². The first kappa shape index (κ1) is 19.2. The minimum Gasteiger partial charge on any atom is -0.495 e. The molecule has 2 aromatic heterocycles. The predicted molar refractivity (Wildman–Crippen MR) is 102 cm³/mol. The van der Waals surface area contributed by atoms with Crippen molar-refractivity contribution in [3.8, 4) is 17.1 Å². The summed E-state index contributed by atoms with van der Waals surface area (Å²) < 4.78 is 16.0. The predicted octanol–water partition coefficient (Wildman–Crippen LogP) is 3.12. The van der Waals surface area contributed by atoms with Gasteiger partial charge in [0.1, 0.15) is 23.0 Å². The maximum atomic E-state index is 12.2. The molecule has 0 saturated carbocycles. The van der Waals surface area contributed by atoms with Gasteiger partial charge in [-0.05, 0) is 50.6 Å². The fraction of sp³-hybridized carbons (Fsp3) is 0.250. The van der Waals surface area contributed by atoms with Crippen LogP contribution in [0.4, 0.5) is 5.69 Å².